The molecule has 0 fully saturated rings. The molecule has 0 saturated carbocycles. The molecule has 1 amide bonds. The summed E-state index contributed by atoms with van der Waals surface area (Å²) in [4.78, 5) is 28.1. The lowest BCUT2D eigenvalue weighted by Crippen LogP contribution is -2.14. The largest absolute Gasteiger partial charge is 0.339 e. The average molecular weight is 433 g/mol. The van der Waals surface area contributed by atoms with Crippen LogP contribution in [0, 0.1) is 6.92 Å². The molecular formula is C20H22F2N6OS. The first-order valence-corrected chi connectivity index (χ1v) is 10.2. The van der Waals surface area contributed by atoms with Gasteiger partial charge in [0, 0.05) is 54.7 Å². The van der Waals surface area contributed by atoms with Crippen molar-refractivity contribution in [3.8, 4) is 11.3 Å². The maximum atomic E-state index is 13.8. The van der Waals surface area contributed by atoms with Crippen molar-refractivity contribution < 1.29 is 13.6 Å². The number of aromatic nitrogens is 4. The fraction of sp³-hybridized carbons (Fsp3) is 0.350. The highest BCUT2D eigenvalue weighted by Crippen LogP contribution is 2.34. The van der Waals surface area contributed by atoms with Crippen LogP contribution in [-0.2, 0) is 10.7 Å². The van der Waals surface area contributed by atoms with Gasteiger partial charge in [-0.2, -0.15) is 8.78 Å². The van der Waals surface area contributed by atoms with Crippen LogP contribution < -0.4 is 10.6 Å². The van der Waals surface area contributed by atoms with Crippen molar-refractivity contribution in [3.63, 3.8) is 0 Å². The Balaban J connectivity index is 2.07. The zero-order chi connectivity index (χ0) is 22.1. The first kappa shape index (κ1) is 21.7. The van der Waals surface area contributed by atoms with E-state index in [9.17, 15) is 13.6 Å². The van der Waals surface area contributed by atoms with Gasteiger partial charge in [0.2, 0.25) is 11.7 Å². The van der Waals surface area contributed by atoms with Gasteiger partial charge in [-0.25, -0.2) is 19.9 Å². The molecule has 0 spiro atoms. The van der Waals surface area contributed by atoms with Gasteiger partial charge in [-0.1, -0.05) is 13.8 Å². The fourth-order valence-electron chi connectivity index (χ4n) is 2.65. The van der Waals surface area contributed by atoms with Crippen LogP contribution in [0.1, 0.15) is 50.1 Å². The van der Waals surface area contributed by atoms with Crippen LogP contribution in [0.5, 0.6) is 0 Å². The second-order valence-corrected chi connectivity index (χ2v) is 8.14. The van der Waals surface area contributed by atoms with Gasteiger partial charge >= 0.3 is 5.92 Å². The van der Waals surface area contributed by atoms with Crippen LogP contribution in [-0.4, -0.2) is 25.8 Å². The van der Waals surface area contributed by atoms with Crippen molar-refractivity contribution in [3.05, 3.63) is 40.2 Å². The first-order valence-electron chi connectivity index (χ1n) is 9.27. The predicted octanol–water partition coefficient (Wildman–Crippen LogP) is 5.24. The molecule has 0 bridgehead atoms. The molecule has 0 radical (unpaired) electrons. The number of rotatable bonds is 6. The first-order chi connectivity index (χ1) is 14.0. The van der Waals surface area contributed by atoms with Crippen molar-refractivity contribution in [2.24, 2.45) is 0 Å². The molecule has 0 aliphatic rings. The number of thiazole rings is 1. The Morgan fingerprint density at radius 2 is 1.90 bits per heavy atom. The highest BCUT2D eigenvalue weighted by Gasteiger charge is 2.29. The summed E-state index contributed by atoms with van der Waals surface area (Å²) in [5, 5.41) is 8.56. The average Bonchev–Trinajstić information content (AvgIpc) is 3.10. The van der Waals surface area contributed by atoms with E-state index < -0.39 is 11.7 Å². The minimum Gasteiger partial charge on any atom is -0.339 e. The van der Waals surface area contributed by atoms with E-state index in [0.717, 1.165) is 11.9 Å². The molecule has 0 aromatic carbocycles. The molecule has 0 unspecified atom stereocenters. The van der Waals surface area contributed by atoms with Gasteiger partial charge in [0.1, 0.15) is 11.6 Å². The molecule has 3 aromatic rings. The van der Waals surface area contributed by atoms with Gasteiger partial charge in [-0.05, 0) is 6.92 Å². The third-order valence-electron chi connectivity index (χ3n) is 4.01. The number of carbonyl (C=O) groups is 1. The van der Waals surface area contributed by atoms with Crippen LogP contribution >= 0.6 is 11.3 Å². The summed E-state index contributed by atoms with van der Waals surface area (Å²) in [6.45, 7) is 7.85. The summed E-state index contributed by atoms with van der Waals surface area (Å²) in [5.74, 6) is -3.22. The molecule has 158 valence electrons. The highest BCUT2D eigenvalue weighted by atomic mass is 32.1. The third-order valence-corrected chi connectivity index (χ3v) is 5.15. The van der Waals surface area contributed by atoms with Crippen molar-refractivity contribution in [1.29, 1.82) is 0 Å². The van der Waals surface area contributed by atoms with E-state index in [1.807, 2.05) is 5.38 Å². The zero-order valence-corrected chi connectivity index (χ0v) is 18.1. The Labute approximate surface area is 177 Å². The number of alkyl halides is 2. The summed E-state index contributed by atoms with van der Waals surface area (Å²) in [5.41, 5.74) is 2.28. The summed E-state index contributed by atoms with van der Waals surface area (Å²) in [6, 6.07) is 3.18. The van der Waals surface area contributed by atoms with Crippen molar-refractivity contribution in [2.45, 2.75) is 46.5 Å². The number of nitrogens with one attached hydrogen (secondary N) is 2. The van der Waals surface area contributed by atoms with Crippen molar-refractivity contribution >= 4 is 34.6 Å². The second-order valence-electron chi connectivity index (χ2n) is 7.25. The van der Waals surface area contributed by atoms with Gasteiger partial charge in [0.05, 0.1) is 16.4 Å². The summed E-state index contributed by atoms with van der Waals surface area (Å²) >= 11 is 1.53. The van der Waals surface area contributed by atoms with Crippen molar-refractivity contribution in [2.75, 3.05) is 10.6 Å². The van der Waals surface area contributed by atoms with Crippen LogP contribution in [0.25, 0.3) is 11.3 Å². The molecule has 0 aliphatic carbocycles. The molecule has 2 N–H and O–H groups in total. The van der Waals surface area contributed by atoms with E-state index in [1.165, 1.54) is 18.3 Å². The summed E-state index contributed by atoms with van der Waals surface area (Å²) in [6.07, 6.45) is 1.58. The van der Waals surface area contributed by atoms with E-state index >= 15 is 0 Å². The molecule has 3 aromatic heterocycles. The Hall–Kier alpha value is -3.01. The lowest BCUT2D eigenvalue weighted by atomic mass is 10.1. The van der Waals surface area contributed by atoms with Crippen molar-refractivity contribution in [1.82, 2.24) is 19.9 Å². The molecule has 3 rings (SSSR count). The monoisotopic (exact) mass is 432 g/mol. The van der Waals surface area contributed by atoms with E-state index in [2.05, 4.69) is 44.4 Å². The minimum absolute atomic E-state index is 0.208. The maximum Gasteiger partial charge on any atom is 0.303 e. The van der Waals surface area contributed by atoms with E-state index in [0.29, 0.717) is 28.5 Å². The molecular weight excluding hydrogens is 410 g/mol. The molecule has 0 aliphatic heterocycles. The smallest absolute Gasteiger partial charge is 0.303 e. The standard InChI is InChI=1S/C20H22F2N6OS/c1-10(2)18-27-15(9-30-18)13-8-23-16(25-12(4)29)7-14(13)26-17-6-11(3)24-19(28-17)20(5,21)22/h6-10H,1-5H3,(H2,23,24,25,26,28,29). The number of anilines is 3. The van der Waals surface area contributed by atoms with Gasteiger partial charge in [0.25, 0.3) is 0 Å². The van der Waals surface area contributed by atoms with Crippen LogP contribution in [0.15, 0.2) is 23.7 Å². The minimum atomic E-state index is -3.17. The van der Waals surface area contributed by atoms with Gasteiger partial charge in [-0.15, -0.1) is 11.3 Å². The number of halogens is 2. The Kier molecular flexibility index (Phi) is 6.06. The summed E-state index contributed by atoms with van der Waals surface area (Å²) in [7, 11) is 0. The number of hydrogen-bond donors (Lipinski definition) is 2. The highest BCUT2D eigenvalue weighted by molar-refractivity contribution is 7.10. The Morgan fingerprint density at radius 3 is 2.50 bits per heavy atom. The summed E-state index contributed by atoms with van der Waals surface area (Å²) < 4.78 is 27.5. The normalized spacial score (nSPS) is 11.6. The Bertz CT molecular complexity index is 1080. The van der Waals surface area contributed by atoms with Gasteiger partial charge in [0.15, 0.2) is 0 Å². The number of nitrogens with zero attached hydrogens (tertiary/aromatic N) is 4. The number of carbonyl (C=O) groups excluding carboxylic acids is 1. The molecule has 7 nitrogen and oxygen atoms in total. The maximum absolute atomic E-state index is 13.8. The molecule has 10 heteroatoms. The number of pyridine rings is 1. The lowest BCUT2D eigenvalue weighted by molar-refractivity contribution is -0.114. The molecule has 3 heterocycles. The SMILES string of the molecule is CC(=O)Nc1cc(Nc2cc(C)nc(C(C)(F)F)n2)c(-c2csc(C(C)C)n2)cn1. The predicted molar refractivity (Wildman–Crippen MR) is 113 cm³/mol. The quantitative estimate of drug-likeness (QED) is 0.553. The number of hydrogen-bond acceptors (Lipinski definition) is 7. The third kappa shape index (κ3) is 5.12. The zero-order valence-electron chi connectivity index (χ0n) is 17.2. The lowest BCUT2D eigenvalue weighted by Gasteiger charge is -2.15. The molecule has 0 atom stereocenters. The number of aryl methyl sites for hydroxylation is 1. The van der Waals surface area contributed by atoms with Crippen LogP contribution in [0.2, 0.25) is 0 Å². The van der Waals surface area contributed by atoms with Crippen LogP contribution in [0.4, 0.5) is 26.1 Å². The van der Waals surface area contributed by atoms with Gasteiger partial charge in [-0.3, -0.25) is 4.79 Å². The Morgan fingerprint density at radius 1 is 1.17 bits per heavy atom. The number of amides is 1. The van der Waals surface area contributed by atoms with E-state index in [4.69, 9.17) is 0 Å². The second kappa shape index (κ2) is 8.39. The van der Waals surface area contributed by atoms with E-state index in [1.54, 1.807) is 25.3 Å². The van der Waals surface area contributed by atoms with Crippen LogP contribution in [0.3, 0.4) is 0 Å². The molecule has 0 saturated heterocycles. The van der Waals surface area contributed by atoms with Gasteiger partial charge < -0.3 is 10.6 Å². The van der Waals surface area contributed by atoms with E-state index in [-0.39, 0.29) is 17.6 Å². The topological polar surface area (TPSA) is 92.7 Å². The molecule has 30 heavy (non-hydrogen) atoms. The fourth-order valence-corrected chi connectivity index (χ4v) is 3.49.